The lowest BCUT2D eigenvalue weighted by Crippen LogP contribution is -2.49. The van der Waals surface area contributed by atoms with E-state index in [0.29, 0.717) is 12.1 Å². The average Bonchev–Trinajstić information content (AvgIpc) is 3.40. The van der Waals surface area contributed by atoms with Crippen LogP contribution in [0.25, 0.3) is 5.65 Å². The first-order valence-electron chi connectivity index (χ1n) is 14.4. The number of nitrogens with two attached hydrogens (primary N) is 1. The van der Waals surface area contributed by atoms with Gasteiger partial charge in [0, 0.05) is 44.9 Å². The molecule has 1 aliphatic rings. The van der Waals surface area contributed by atoms with Crippen molar-refractivity contribution < 1.29 is 33.1 Å². The number of halogens is 1. The van der Waals surface area contributed by atoms with E-state index in [1.165, 1.54) is 6.07 Å². The number of primary amides is 1. The second-order valence-corrected chi connectivity index (χ2v) is 10.5. The van der Waals surface area contributed by atoms with Crippen LogP contribution in [-0.2, 0) is 25.6 Å². The fourth-order valence-corrected chi connectivity index (χ4v) is 4.87. The lowest BCUT2D eigenvalue weighted by Gasteiger charge is -2.24. The number of rotatable bonds is 5. The third-order valence-electron chi connectivity index (χ3n) is 7.17. The summed E-state index contributed by atoms with van der Waals surface area (Å²) < 4.78 is 21.5. The van der Waals surface area contributed by atoms with Crippen molar-refractivity contribution in [2.24, 2.45) is 5.73 Å². The van der Waals surface area contributed by atoms with Crippen molar-refractivity contribution in [3.05, 3.63) is 65.4 Å². The predicted octanol–water partition coefficient (Wildman–Crippen LogP) is 0.622. The minimum absolute atomic E-state index is 0.00731. The van der Waals surface area contributed by atoms with Crippen LogP contribution >= 0.6 is 0 Å². The molecule has 44 heavy (non-hydrogen) atoms. The van der Waals surface area contributed by atoms with Gasteiger partial charge in [-0.15, -0.1) is 0 Å². The molecule has 234 valence electrons. The maximum atomic E-state index is 14.1. The molecule has 0 aliphatic carbocycles. The van der Waals surface area contributed by atoms with E-state index in [-0.39, 0.29) is 81.6 Å². The number of hydrogen-bond donors (Lipinski definition) is 4. The van der Waals surface area contributed by atoms with E-state index in [1.54, 1.807) is 11.1 Å². The Morgan fingerprint density at radius 2 is 1.95 bits per heavy atom. The molecule has 1 atom stereocenters. The van der Waals surface area contributed by atoms with Crippen LogP contribution in [0.2, 0.25) is 0 Å². The van der Waals surface area contributed by atoms with Gasteiger partial charge >= 0.3 is 0 Å². The minimum atomic E-state index is -1.17. The smallest absolute Gasteiger partial charge is 0.255 e. The third kappa shape index (κ3) is 8.52. The Balaban J connectivity index is 1.52. The van der Waals surface area contributed by atoms with E-state index in [0.717, 1.165) is 23.3 Å². The van der Waals surface area contributed by atoms with Gasteiger partial charge in [0.25, 0.3) is 5.91 Å². The average molecular weight is 610 g/mol. The van der Waals surface area contributed by atoms with Crippen LogP contribution in [0, 0.1) is 12.7 Å². The molecule has 13 nitrogen and oxygen atoms in total. The van der Waals surface area contributed by atoms with Gasteiger partial charge in [0.2, 0.25) is 23.6 Å². The minimum Gasteiger partial charge on any atom is -0.491 e. The molecule has 14 heteroatoms. The maximum absolute atomic E-state index is 14.1. The number of nitrogens with one attached hydrogen (secondary N) is 3. The first kappa shape index (κ1) is 31.9. The summed E-state index contributed by atoms with van der Waals surface area (Å²) in [6.45, 7) is 2.46. The largest absolute Gasteiger partial charge is 0.491 e. The summed E-state index contributed by atoms with van der Waals surface area (Å²) in [5, 5.41) is 7.97. The van der Waals surface area contributed by atoms with E-state index in [4.69, 9.17) is 10.5 Å². The Kier molecular flexibility index (Phi) is 10.8. The lowest BCUT2D eigenvalue weighted by molar-refractivity contribution is -0.132. The van der Waals surface area contributed by atoms with Gasteiger partial charge < -0.3 is 35.7 Å². The zero-order chi connectivity index (χ0) is 31.6. The highest BCUT2D eigenvalue weighted by molar-refractivity contribution is 5.99. The summed E-state index contributed by atoms with van der Waals surface area (Å²) in [7, 11) is 0. The molecule has 0 saturated carbocycles. The summed E-state index contributed by atoms with van der Waals surface area (Å²) in [5.74, 6) is -3.17. The Morgan fingerprint density at radius 1 is 1.14 bits per heavy atom. The number of aryl methyl sites for hydroxylation is 1. The molecule has 3 aromatic rings. The van der Waals surface area contributed by atoms with Gasteiger partial charge in [0.05, 0.1) is 24.2 Å². The van der Waals surface area contributed by atoms with Crippen molar-refractivity contribution >= 4 is 35.2 Å². The lowest BCUT2D eigenvalue weighted by atomic mass is 10.1. The van der Waals surface area contributed by atoms with Crippen molar-refractivity contribution in [1.29, 1.82) is 0 Å². The van der Waals surface area contributed by atoms with Crippen LogP contribution < -0.4 is 26.4 Å². The Morgan fingerprint density at radius 3 is 2.75 bits per heavy atom. The molecule has 0 radical (unpaired) electrons. The molecule has 0 fully saturated rings. The molecule has 0 spiro atoms. The van der Waals surface area contributed by atoms with Crippen molar-refractivity contribution in [1.82, 2.24) is 30.2 Å². The SMILES string of the molecule is Cc1cccn2c(CC(=O)N3CCCC(=O)NCCOc4ccc(F)cc4C(=O)N[C@@H](CCC(N)=O)C(=O)NCC3)cnc12. The number of amides is 5. The van der Waals surface area contributed by atoms with Crippen molar-refractivity contribution in [3.8, 4) is 5.75 Å². The van der Waals surface area contributed by atoms with Gasteiger partial charge in [-0.05, 0) is 49.6 Å². The molecule has 0 bridgehead atoms. The number of hydrogen-bond acceptors (Lipinski definition) is 7. The summed E-state index contributed by atoms with van der Waals surface area (Å²) in [4.78, 5) is 69.6. The van der Waals surface area contributed by atoms with Gasteiger partial charge in [-0.3, -0.25) is 24.0 Å². The summed E-state index contributed by atoms with van der Waals surface area (Å²) in [5.41, 5.74) is 7.53. The van der Waals surface area contributed by atoms with Gasteiger partial charge in [0.15, 0.2) is 0 Å². The Bertz CT molecular complexity index is 1540. The quantitative estimate of drug-likeness (QED) is 0.328. The molecule has 4 rings (SSSR count). The zero-order valence-electron chi connectivity index (χ0n) is 24.4. The van der Waals surface area contributed by atoms with Gasteiger partial charge in [0.1, 0.15) is 29.9 Å². The zero-order valence-corrected chi connectivity index (χ0v) is 24.4. The summed E-state index contributed by atoms with van der Waals surface area (Å²) in [6, 6.07) is 6.00. The summed E-state index contributed by atoms with van der Waals surface area (Å²) >= 11 is 0. The topological polar surface area (TPSA) is 177 Å². The second kappa shape index (κ2) is 14.9. The van der Waals surface area contributed by atoms with Gasteiger partial charge in [-0.2, -0.15) is 0 Å². The first-order valence-corrected chi connectivity index (χ1v) is 14.4. The Hall–Kier alpha value is -5.01. The number of ether oxygens (including phenoxy) is 1. The van der Waals surface area contributed by atoms with Crippen LogP contribution in [0.5, 0.6) is 5.75 Å². The van der Waals surface area contributed by atoms with Crippen molar-refractivity contribution in [2.75, 3.05) is 32.8 Å². The van der Waals surface area contributed by atoms with Crippen molar-refractivity contribution in [3.63, 3.8) is 0 Å². The standard InChI is InChI=1S/C30H36FN7O6/c1-19-4-2-13-38-21(18-35-28(19)38)17-27(41)37-12-3-5-26(40)33-11-15-44-24-8-6-20(31)16-22(24)29(42)36-23(7-9-25(32)39)30(43)34-10-14-37/h2,4,6,8,13,16,18,23H,3,5,7,9-12,14-15,17H2,1H3,(H2,32,39)(H,33,40)(H,34,43)(H,36,42)/t23-/m0/s1. The molecular formula is C30H36FN7O6. The number of imidazole rings is 1. The number of pyridine rings is 1. The van der Waals surface area contributed by atoms with Crippen LogP contribution in [0.1, 0.15) is 47.3 Å². The highest BCUT2D eigenvalue weighted by Crippen LogP contribution is 2.20. The monoisotopic (exact) mass is 609 g/mol. The maximum Gasteiger partial charge on any atom is 0.255 e. The number of nitrogens with zero attached hydrogens (tertiary/aromatic N) is 3. The predicted molar refractivity (Wildman–Crippen MR) is 157 cm³/mol. The molecule has 3 heterocycles. The highest BCUT2D eigenvalue weighted by atomic mass is 19.1. The first-order chi connectivity index (χ1) is 21.1. The number of fused-ring (bicyclic) bond motifs is 2. The number of carbonyl (C=O) groups is 5. The van der Waals surface area contributed by atoms with E-state index in [9.17, 15) is 28.4 Å². The van der Waals surface area contributed by atoms with Gasteiger partial charge in [-0.25, -0.2) is 9.37 Å². The van der Waals surface area contributed by atoms with Crippen LogP contribution in [0.15, 0.2) is 42.7 Å². The van der Waals surface area contributed by atoms with E-state index >= 15 is 0 Å². The van der Waals surface area contributed by atoms with E-state index in [1.807, 2.05) is 29.7 Å². The molecule has 1 aromatic carbocycles. The van der Waals surface area contributed by atoms with Gasteiger partial charge in [-0.1, -0.05) is 6.07 Å². The third-order valence-corrected chi connectivity index (χ3v) is 7.17. The number of carbonyl (C=O) groups excluding carboxylic acids is 5. The Labute approximate surface area is 253 Å². The molecule has 5 N–H and O–H groups in total. The van der Waals surface area contributed by atoms with E-state index < -0.39 is 29.6 Å². The van der Waals surface area contributed by atoms with E-state index in [2.05, 4.69) is 20.9 Å². The van der Waals surface area contributed by atoms with Crippen LogP contribution in [-0.4, -0.2) is 82.6 Å². The van der Waals surface area contributed by atoms with Crippen molar-refractivity contribution in [2.45, 2.75) is 45.1 Å². The fourth-order valence-electron chi connectivity index (χ4n) is 4.87. The molecular weight excluding hydrogens is 573 g/mol. The highest BCUT2D eigenvalue weighted by Gasteiger charge is 2.25. The fraction of sp³-hybridized carbons (Fsp3) is 0.400. The molecule has 0 saturated heterocycles. The normalized spacial score (nSPS) is 17.4. The summed E-state index contributed by atoms with van der Waals surface area (Å²) in [6.07, 6.45) is 3.76. The van der Waals surface area contributed by atoms with Crippen LogP contribution in [0.3, 0.4) is 0 Å². The second-order valence-electron chi connectivity index (χ2n) is 10.5. The molecule has 5 amide bonds. The molecule has 1 aliphatic heterocycles. The van der Waals surface area contributed by atoms with Crippen LogP contribution in [0.4, 0.5) is 4.39 Å². The molecule has 0 unspecified atom stereocenters. The number of benzene rings is 1. The number of aromatic nitrogens is 2. The molecule has 2 aromatic heterocycles.